The second-order valence-electron chi connectivity index (χ2n) is 4.31. The lowest BCUT2D eigenvalue weighted by Crippen LogP contribution is -2.37. The van der Waals surface area contributed by atoms with Crippen LogP contribution in [0.1, 0.15) is 13.8 Å². The summed E-state index contributed by atoms with van der Waals surface area (Å²) in [4.78, 5) is 32.8. The molecule has 8 heteroatoms. The van der Waals surface area contributed by atoms with E-state index < -0.39 is 22.2 Å². The molecule has 1 aromatic carbocycles. The molecule has 0 saturated carbocycles. The Labute approximate surface area is 116 Å². The second kappa shape index (κ2) is 5.35. The van der Waals surface area contributed by atoms with Crippen LogP contribution in [0.15, 0.2) is 22.7 Å². The predicted octanol–water partition coefficient (Wildman–Crippen LogP) is 2.41. The molecule has 0 aromatic heterocycles. The maximum absolute atomic E-state index is 11.8. The fourth-order valence-electron chi connectivity index (χ4n) is 1.11. The third-order valence-corrected chi connectivity index (χ3v) is 3.17. The monoisotopic (exact) mass is 330 g/mol. The lowest BCUT2D eigenvalue weighted by Gasteiger charge is -2.18. The fraction of sp³-hybridized carbons (Fsp3) is 0.273. The van der Waals surface area contributed by atoms with E-state index >= 15 is 0 Å². The third kappa shape index (κ3) is 3.28. The molecule has 0 aliphatic heterocycles. The molecular weight excluding hydrogens is 320 g/mol. The number of carboxylic acids is 1. The number of halogens is 1. The third-order valence-electron chi connectivity index (χ3n) is 2.50. The molecule has 1 aromatic rings. The van der Waals surface area contributed by atoms with Gasteiger partial charge in [0.15, 0.2) is 0 Å². The number of anilines is 1. The van der Waals surface area contributed by atoms with Crippen molar-refractivity contribution in [2.45, 2.75) is 13.8 Å². The molecule has 0 radical (unpaired) electrons. The molecule has 0 fully saturated rings. The molecule has 2 N–H and O–H groups in total. The van der Waals surface area contributed by atoms with Crippen molar-refractivity contribution < 1.29 is 19.6 Å². The van der Waals surface area contributed by atoms with Crippen molar-refractivity contribution in [3.05, 3.63) is 32.8 Å². The van der Waals surface area contributed by atoms with Gasteiger partial charge in [0.1, 0.15) is 5.41 Å². The van der Waals surface area contributed by atoms with Crippen LogP contribution >= 0.6 is 15.9 Å². The number of nitro benzene ring substituents is 1. The van der Waals surface area contributed by atoms with Gasteiger partial charge in [0.2, 0.25) is 5.91 Å². The topological polar surface area (TPSA) is 110 Å². The second-order valence-corrected chi connectivity index (χ2v) is 5.16. The number of amides is 1. The molecule has 102 valence electrons. The number of carbonyl (C=O) groups is 2. The summed E-state index contributed by atoms with van der Waals surface area (Å²) in [6, 6.07) is 3.99. The summed E-state index contributed by atoms with van der Waals surface area (Å²) >= 11 is 3.01. The summed E-state index contributed by atoms with van der Waals surface area (Å²) < 4.78 is 0.271. The van der Waals surface area contributed by atoms with Gasteiger partial charge in [0, 0.05) is 11.8 Å². The Hall–Kier alpha value is -1.96. The van der Waals surface area contributed by atoms with Gasteiger partial charge in [-0.2, -0.15) is 0 Å². The highest BCUT2D eigenvalue weighted by Gasteiger charge is 2.36. The van der Waals surface area contributed by atoms with Crippen LogP contribution < -0.4 is 5.32 Å². The maximum atomic E-state index is 11.8. The Morgan fingerprint density at radius 2 is 2.00 bits per heavy atom. The van der Waals surface area contributed by atoms with Crippen molar-refractivity contribution >= 4 is 39.2 Å². The van der Waals surface area contributed by atoms with Crippen molar-refractivity contribution in [1.82, 2.24) is 0 Å². The van der Waals surface area contributed by atoms with Gasteiger partial charge in [-0.3, -0.25) is 19.7 Å². The van der Waals surface area contributed by atoms with Gasteiger partial charge >= 0.3 is 5.97 Å². The van der Waals surface area contributed by atoms with Crippen molar-refractivity contribution in [2.75, 3.05) is 5.32 Å². The normalized spacial score (nSPS) is 10.9. The minimum absolute atomic E-state index is 0.161. The van der Waals surface area contributed by atoms with E-state index in [1.54, 1.807) is 0 Å². The van der Waals surface area contributed by atoms with Crippen LogP contribution in [0.2, 0.25) is 0 Å². The van der Waals surface area contributed by atoms with Crippen LogP contribution in [0.5, 0.6) is 0 Å². The smallest absolute Gasteiger partial charge is 0.318 e. The van der Waals surface area contributed by atoms with E-state index in [4.69, 9.17) is 5.11 Å². The first kappa shape index (κ1) is 15.1. The Kier molecular flexibility index (Phi) is 4.25. The number of benzene rings is 1. The minimum atomic E-state index is -1.62. The number of rotatable bonds is 4. The first-order chi connectivity index (χ1) is 8.66. The van der Waals surface area contributed by atoms with Gasteiger partial charge in [0.05, 0.1) is 9.40 Å². The molecule has 0 atom stereocenters. The zero-order chi connectivity index (χ0) is 14.8. The Morgan fingerprint density at radius 3 is 2.47 bits per heavy atom. The van der Waals surface area contributed by atoms with E-state index in [-0.39, 0.29) is 15.8 Å². The number of aliphatic carboxylic acids is 1. The van der Waals surface area contributed by atoms with Crippen LogP contribution in [-0.2, 0) is 9.59 Å². The standard InChI is InChI=1S/C11H11BrN2O5/c1-11(2,10(16)17)9(15)13-6-3-4-7(12)8(5-6)14(18)19/h3-5H,1-2H3,(H,13,15)(H,16,17). The molecule has 1 amide bonds. The van der Waals surface area contributed by atoms with E-state index in [0.29, 0.717) is 0 Å². The van der Waals surface area contributed by atoms with Crippen molar-refractivity contribution in [2.24, 2.45) is 5.41 Å². The summed E-state index contributed by atoms with van der Waals surface area (Å²) in [6.45, 7) is 2.50. The molecule has 7 nitrogen and oxygen atoms in total. The van der Waals surface area contributed by atoms with E-state index in [1.165, 1.54) is 26.0 Å². The Bertz CT molecular complexity index is 556. The van der Waals surface area contributed by atoms with Crippen LogP contribution in [0, 0.1) is 15.5 Å². The number of hydrogen-bond donors (Lipinski definition) is 2. The number of carboxylic acid groups (broad SMARTS) is 1. The van der Waals surface area contributed by atoms with Crippen molar-refractivity contribution in [3.63, 3.8) is 0 Å². The quantitative estimate of drug-likeness (QED) is 0.500. The number of nitro groups is 1. The Morgan fingerprint density at radius 1 is 1.42 bits per heavy atom. The predicted molar refractivity (Wildman–Crippen MR) is 70.8 cm³/mol. The molecule has 0 spiro atoms. The summed E-state index contributed by atoms with van der Waals surface area (Å²) in [7, 11) is 0. The average molecular weight is 331 g/mol. The summed E-state index contributed by atoms with van der Waals surface area (Å²) in [5.41, 5.74) is -1.68. The van der Waals surface area contributed by atoms with Gasteiger partial charge in [-0.05, 0) is 41.9 Å². The maximum Gasteiger partial charge on any atom is 0.318 e. The van der Waals surface area contributed by atoms with Gasteiger partial charge in [-0.25, -0.2) is 0 Å². The van der Waals surface area contributed by atoms with E-state index in [9.17, 15) is 19.7 Å². The highest BCUT2D eigenvalue weighted by molar-refractivity contribution is 9.10. The Balaban J connectivity index is 3.02. The molecule has 0 bridgehead atoms. The average Bonchev–Trinajstić information content (AvgIpc) is 2.30. The molecular formula is C11H11BrN2O5. The zero-order valence-corrected chi connectivity index (χ0v) is 11.7. The number of carbonyl (C=O) groups excluding carboxylic acids is 1. The number of nitrogens with zero attached hydrogens (tertiary/aromatic N) is 1. The van der Waals surface area contributed by atoms with E-state index in [2.05, 4.69) is 21.2 Å². The molecule has 0 aliphatic rings. The SMILES string of the molecule is CC(C)(C(=O)O)C(=O)Nc1ccc(Br)c([N+](=O)[O-])c1. The van der Waals surface area contributed by atoms with Gasteiger partial charge in [-0.15, -0.1) is 0 Å². The molecule has 0 saturated heterocycles. The fourth-order valence-corrected chi connectivity index (χ4v) is 1.51. The van der Waals surface area contributed by atoms with Crippen LogP contribution in [-0.4, -0.2) is 21.9 Å². The summed E-state index contributed by atoms with van der Waals surface area (Å²) in [6.07, 6.45) is 0. The van der Waals surface area contributed by atoms with E-state index in [0.717, 1.165) is 6.07 Å². The van der Waals surface area contributed by atoms with Gasteiger partial charge in [0.25, 0.3) is 5.69 Å². The molecule has 0 aliphatic carbocycles. The minimum Gasteiger partial charge on any atom is -0.480 e. The number of nitrogens with one attached hydrogen (secondary N) is 1. The first-order valence-corrected chi connectivity index (χ1v) is 5.94. The van der Waals surface area contributed by atoms with Crippen LogP contribution in [0.25, 0.3) is 0 Å². The van der Waals surface area contributed by atoms with Crippen molar-refractivity contribution in [1.29, 1.82) is 0 Å². The lowest BCUT2D eigenvalue weighted by atomic mass is 9.92. The summed E-state index contributed by atoms with van der Waals surface area (Å²) in [5, 5.41) is 22.0. The molecule has 19 heavy (non-hydrogen) atoms. The van der Waals surface area contributed by atoms with Crippen LogP contribution in [0.3, 0.4) is 0 Å². The highest BCUT2D eigenvalue weighted by atomic mass is 79.9. The van der Waals surface area contributed by atoms with Gasteiger partial charge < -0.3 is 10.4 Å². The molecule has 0 heterocycles. The van der Waals surface area contributed by atoms with Gasteiger partial charge in [-0.1, -0.05) is 0 Å². The lowest BCUT2D eigenvalue weighted by molar-refractivity contribution is -0.385. The van der Waals surface area contributed by atoms with E-state index in [1.807, 2.05) is 0 Å². The largest absolute Gasteiger partial charge is 0.480 e. The first-order valence-electron chi connectivity index (χ1n) is 5.15. The zero-order valence-electron chi connectivity index (χ0n) is 10.1. The summed E-state index contributed by atoms with van der Waals surface area (Å²) in [5.74, 6) is -2.03. The molecule has 0 unspecified atom stereocenters. The van der Waals surface area contributed by atoms with Crippen molar-refractivity contribution in [3.8, 4) is 0 Å². The highest BCUT2D eigenvalue weighted by Crippen LogP contribution is 2.28. The number of hydrogen-bond acceptors (Lipinski definition) is 4. The van der Waals surface area contributed by atoms with Crippen LogP contribution in [0.4, 0.5) is 11.4 Å². The molecule has 1 rings (SSSR count).